The number of esters is 1. The van der Waals surface area contributed by atoms with Crippen molar-refractivity contribution in [2.75, 3.05) is 17.7 Å². The Morgan fingerprint density at radius 1 is 1.33 bits per heavy atom. The van der Waals surface area contributed by atoms with E-state index in [9.17, 15) is 9.18 Å². The third-order valence-electron chi connectivity index (χ3n) is 2.76. The molecule has 2 rings (SSSR count). The summed E-state index contributed by atoms with van der Waals surface area (Å²) < 4.78 is 19.4. The fourth-order valence-electron chi connectivity index (χ4n) is 1.77. The molecule has 0 aliphatic carbocycles. The highest BCUT2D eigenvalue weighted by atomic mass is 79.9. The second-order valence-electron chi connectivity index (χ2n) is 4.27. The summed E-state index contributed by atoms with van der Waals surface area (Å²) in [7, 11) is 0. The van der Waals surface area contributed by atoms with Gasteiger partial charge < -0.3 is 15.8 Å². The van der Waals surface area contributed by atoms with E-state index in [0.29, 0.717) is 17.1 Å². The van der Waals surface area contributed by atoms with Crippen LogP contribution in [0.1, 0.15) is 17.3 Å². The number of anilines is 3. The Bertz CT molecular complexity index is 677. The second kappa shape index (κ2) is 6.58. The van der Waals surface area contributed by atoms with Gasteiger partial charge in [0.1, 0.15) is 5.82 Å². The lowest BCUT2D eigenvalue weighted by Crippen LogP contribution is -2.08. The number of hydrogen-bond acceptors (Lipinski definition) is 4. The number of carbonyl (C=O) groups excluding carboxylic acids is 1. The van der Waals surface area contributed by atoms with Gasteiger partial charge in [0.25, 0.3) is 0 Å². The van der Waals surface area contributed by atoms with Gasteiger partial charge in [-0.15, -0.1) is 0 Å². The first kappa shape index (κ1) is 15.3. The van der Waals surface area contributed by atoms with Gasteiger partial charge in [0.05, 0.1) is 17.9 Å². The summed E-state index contributed by atoms with van der Waals surface area (Å²) in [5.74, 6) is -0.902. The molecule has 0 atom stereocenters. The van der Waals surface area contributed by atoms with E-state index in [1.807, 2.05) is 0 Å². The Morgan fingerprint density at radius 2 is 2.10 bits per heavy atom. The number of rotatable bonds is 4. The smallest absolute Gasteiger partial charge is 0.340 e. The molecule has 0 saturated carbocycles. The van der Waals surface area contributed by atoms with Crippen LogP contribution < -0.4 is 11.1 Å². The monoisotopic (exact) mass is 352 g/mol. The topological polar surface area (TPSA) is 64.3 Å². The van der Waals surface area contributed by atoms with Crippen LogP contribution in [0, 0.1) is 5.82 Å². The molecule has 0 heterocycles. The maximum Gasteiger partial charge on any atom is 0.340 e. The highest BCUT2D eigenvalue weighted by Crippen LogP contribution is 2.26. The van der Waals surface area contributed by atoms with E-state index in [1.54, 1.807) is 31.2 Å². The fourth-order valence-corrected chi connectivity index (χ4v) is 2.13. The summed E-state index contributed by atoms with van der Waals surface area (Å²) in [5.41, 5.74) is 7.16. The lowest BCUT2D eigenvalue weighted by Gasteiger charge is -2.11. The van der Waals surface area contributed by atoms with E-state index in [-0.39, 0.29) is 12.2 Å². The molecule has 0 saturated heterocycles. The molecule has 0 aliphatic heterocycles. The molecule has 0 aromatic heterocycles. The summed E-state index contributed by atoms with van der Waals surface area (Å²) in [4.78, 5) is 11.8. The zero-order valence-electron chi connectivity index (χ0n) is 11.3. The predicted molar refractivity (Wildman–Crippen MR) is 84.2 cm³/mol. The summed E-state index contributed by atoms with van der Waals surface area (Å²) in [6.07, 6.45) is 0. The van der Waals surface area contributed by atoms with Crippen LogP contribution in [0.2, 0.25) is 0 Å². The first-order valence-electron chi connectivity index (χ1n) is 6.30. The molecule has 3 N–H and O–H groups in total. The first-order chi connectivity index (χ1) is 10.0. The standard InChI is InChI=1S/C15H14BrFN2O2/c1-2-21-15(20)11-8-10(4-6-13(11)18)19-14-7-9(16)3-5-12(14)17/h3-8,19H,2,18H2,1H3. The Kier molecular flexibility index (Phi) is 4.80. The molecular weight excluding hydrogens is 339 g/mol. The lowest BCUT2D eigenvalue weighted by atomic mass is 10.1. The van der Waals surface area contributed by atoms with Crippen molar-refractivity contribution in [1.82, 2.24) is 0 Å². The van der Waals surface area contributed by atoms with Crippen LogP contribution in [-0.2, 0) is 4.74 Å². The van der Waals surface area contributed by atoms with Gasteiger partial charge in [-0.2, -0.15) is 0 Å². The van der Waals surface area contributed by atoms with Crippen LogP contribution in [-0.4, -0.2) is 12.6 Å². The minimum atomic E-state index is -0.506. The molecule has 2 aromatic rings. The third kappa shape index (κ3) is 3.72. The number of ether oxygens (including phenoxy) is 1. The fraction of sp³-hybridized carbons (Fsp3) is 0.133. The molecule has 4 nitrogen and oxygen atoms in total. The molecular formula is C15H14BrFN2O2. The number of carbonyl (C=O) groups is 1. The molecule has 0 amide bonds. The van der Waals surface area contributed by atoms with Gasteiger partial charge in [-0.3, -0.25) is 0 Å². The van der Waals surface area contributed by atoms with Gasteiger partial charge >= 0.3 is 5.97 Å². The van der Waals surface area contributed by atoms with Crippen molar-refractivity contribution in [3.8, 4) is 0 Å². The Hall–Kier alpha value is -2.08. The highest BCUT2D eigenvalue weighted by molar-refractivity contribution is 9.10. The normalized spacial score (nSPS) is 10.2. The molecule has 6 heteroatoms. The van der Waals surface area contributed by atoms with Crippen LogP contribution >= 0.6 is 15.9 Å². The molecule has 21 heavy (non-hydrogen) atoms. The van der Waals surface area contributed by atoms with E-state index in [4.69, 9.17) is 10.5 Å². The minimum Gasteiger partial charge on any atom is -0.462 e. The molecule has 0 bridgehead atoms. The maximum atomic E-state index is 13.7. The van der Waals surface area contributed by atoms with Crippen LogP contribution in [0.3, 0.4) is 0 Å². The third-order valence-corrected chi connectivity index (χ3v) is 3.25. The van der Waals surface area contributed by atoms with E-state index >= 15 is 0 Å². The average Bonchev–Trinajstić information content (AvgIpc) is 2.45. The molecule has 0 spiro atoms. The predicted octanol–water partition coefficient (Wildman–Crippen LogP) is 4.09. The van der Waals surface area contributed by atoms with Crippen LogP contribution in [0.4, 0.5) is 21.5 Å². The van der Waals surface area contributed by atoms with Gasteiger partial charge in [0.2, 0.25) is 0 Å². The molecule has 0 aliphatic rings. The quantitative estimate of drug-likeness (QED) is 0.642. The number of benzene rings is 2. The van der Waals surface area contributed by atoms with Gasteiger partial charge in [0, 0.05) is 15.8 Å². The summed E-state index contributed by atoms with van der Waals surface area (Å²) in [6, 6.07) is 9.33. The van der Waals surface area contributed by atoms with E-state index in [1.165, 1.54) is 12.1 Å². The van der Waals surface area contributed by atoms with Crippen molar-refractivity contribution < 1.29 is 13.9 Å². The molecule has 2 aromatic carbocycles. The Morgan fingerprint density at radius 3 is 2.81 bits per heavy atom. The molecule has 110 valence electrons. The van der Waals surface area contributed by atoms with Gasteiger partial charge in [-0.1, -0.05) is 15.9 Å². The zero-order valence-corrected chi connectivity index (χ0v) is 12.9. The maximum absolute atomic E-state index is 13.7. The van der Waals surface area contributed by atoms with Crippen molar-refractivity contribution in [2.45, 2.75) is 6.92 Å². The van der Waals surface area contributed by atoms with E-state index in [0.717, 1.165) is 4.47 Å². The van der Waals surface area contributed by atoms with E-state index in [2.05, 4.69) is 21.2 Å². The number of nitrogens with one attached hydrogen (secondary N) is 1. The number of nitrogens with two attached hydrogens (primary N) is 1. The number of hydrogen-bond donors (Lipinski definition) is 2. The van der Waals surface area contributed by atoms with Crippen LogP contribution in [0.5, 0.6) is 0 Å². The van der Waals surface area contributed by atoms with Gasteiger partial charge in [-0.25, -0.2) is 9.18 Å². The average molecular weight is 353 g/mol. The van der Waals surface area contributed by atoms with Crippen molar-refractivity contribution in [3.63, 3.8) is 0 Å². The number of halogens is 2. The summed E-state index contributed by atoms with van der Waals surface area (Å²) >= 11 is 3.28. The van der Waals surface area contributed by atoms with Crippen molar-refractivity contribution in [1.29, 1.82) is 0 Å². The highest BCUT2D eigenvalue weighted by Gasteiger charge is 2.12. The minimum absolute atomic E-state index is 0.247. The Labute approximate surface area is 130 Å². The van der Waals surface area contributed by atoms with Crippen LogP contribution in [0.25, 0.3) is 0 Å². The van der Waals surface area contributed by atoms with Crippen LogP contribution in [0.15, 0.2) is 40.9 Å². The zero-order chi connectivity index (χ0) is 15.4. The first-order valence-corrected chi connectivity index (χ1v) is 7.09. The molecule has 0 radical (unpaired) electrons. The lowest BCUT2D eigenvalue weighted by molar-refractivity contribution is 0.0527. The summed E-state index contributed by atoms with van der Waals surface area (Å²) in [6.45, 7) is 1.98. The van der Waals surface area contributed by atoms with Crippen molar-refractivity contribution in [3.05, 3.63) is 52.3 Å². The Balaban J connectivity index is 2.31. The van der Waals surface area contributed by atoms with E-state index < -0.39 is 11.8 Å². The van der Waals surface area contributed by atoms with Crippen molar-refractivity contribution >= 4 is 39.0 Å². The van der Waals surface area contributed by atoms with Gasteiger partial charge in [-0.05, 0) is 43.3 Å². The SMILES string of the molecule is CCOC(=O)c1cc(Nc2cc(Br)ccc2F)ccc1N. The van der Waals surface area contributed by atoms with Gasteiger partial charge in [0.15, 0.2) is 0 Å². The summed E-state index contributed by atoms with van der Waals surface area (Å²) in [5, 5.41) is 2.91. The largest absolute Gasteiger partial charge is 0.462 e. The second-order valence-corrected chi connectivity index (χ2v) is 5.19. The van der Waals surface area contributed by atoms with Crippen molar-refractivity contribution in [2.24, 2.45) is 0 Å². The molecule has 0 fully saturated rings. The molecule has 0 unspecified atom stereocenters. The number of nitrogen functional groups attached to an aromatic ring is 1.